The number of nitrogens with zero attached hydrogens (tertiary/aromatic N) is 2. The summed E-state index contributed by atoms with van der Waals surface area (Å²) in [7, 11) is -3.58. The Labute approximate surface area is 175 Å². The summed E-state index contributed by atoms with van der Waals surface area (Å²) in [4.78, 5) is 22.3. The minimum Gasteiger partial charge on any atom is -0.484 e. The summed E-state index contributed by atoms with van der Waals surface area (Å²) in [6.45, 7) is 4.47. The first kappa shape index (κ1) is 23.3. The fourth-order valence-corrected chi connectivity index (χ4v) is 4.34. The molecular weight excluding hydrogens is 410 g/mol. The van der Waals surface area contributed by atoms with Gasteiger partial charge in [0.2, 0.25) is 10.0 Å². The van der Waals surface area contributed by atoms with Gasteiger partial charge in [0.25, 0.3) is 11.6 Å². The number of nitrogens with one attached hydrogen (secondary N) is 1. The summed E-state index contributed by atoms with van der Waals surface area (Å²) in [5.41, 5.74) is 0.363. The van der Waals surface area contributed by atoms with Gasteiger partial charge in [-0.3, -0.25) is 14.9 Å². The molecule has 9 nitrogen and oxygen atoms in total. The lowest BCUT2D eigenvalue weighted by molar-refractivity contribution is -0.384. The lowest BCUT2D eigenvalue weighted by atomic mass is 10.3. The van der Waals surface area contributed by atoms with Crippen LogP contribution in [0.1, 0.15) is 26.7 Å². The Morgan fingerprint density at radius 1 is 1.03 bits per heavy atom. The Morgan fingerprint density at radius 2 is 1.60 bits per heavy atom. The Kier molecular flexibility index (Phi) is 8.31. The molecule has 0 saturated carbocycles. The number of carbonyl (C=O) groups excluding carboxylic acids is 1. The predicted octanol–water partition coefficient (Wildman–Crippen LogP) is 3.42. The van der Waals surface area contributed by atoms with E-state index in [1.807, 2.05) is 13.8 Å². The number of benzene rings is 2. The number of non-ortho nitro benzene ring substituents is 1. The van der Waals surface area contributed by atoms with Crippen molar-refractivity contribution >= 4 is 27.3 Å². The van der Waals surface area contributed by atoms with E-state index in [-0.39, 0.29) is 17.2 Å². The summed E-state index contributed by atoms with van der Waals surface area (Å²) in [5, 5.41) is 13.2. The monoisotopic (exact) mass is 435 g/mol. The molecule has 0 radical (unpaired) electrons. The van der Waals surface area contributed by atoms with E-state index in [9.17, 15) is 23.3 Å². The Hall–Kier alpha value is -2.98. The van der Waals surface area contributed by atoms with Crippen LogP contribution in [0.25, 0.3) is 0 Å². The summed E-state index contributed by atoms with van der Waals surface area (Å²) < 4.78 is 32.3. The van der Waals surface area contributed by atoms with Crippen molar-refractivity contribution in [2.75, 3.05) is 25.0 Å². The molecule has 162 valence electrons. The van der Waals surface area contributed by atoms with Crippen LogP contribution in [0.4, 0.5) is 11.4 Å². The van der Waals surface area contributed by atoms with Crippen LogP contribution in [0, 0.1) is 10.1 Å². The number of anilines is 1. The molecule has 0 atom stereocenters. The molecule has 0 saturated heterocycles. The van der Waals surface area contributed by atoms with Crippen LogP contribution in [0.2, 0.25) is 0 Å². The number of carbonyl (C=O) groups is 1. The number of ether oxygens (including phenoxy) is 1. The molecule has 0 bridgehead atoms. The first-order valence-corrected chi connectivity index (χ1v) is 11.0. The first-order valence-electron chi connectivity index (χ1n) is 9.55. The molecule has 2 aromatic carbocycles. The van der Waals surface area contributed by atoms with Crippen LogP contribution >= 0.6 is 0 Å². The average molecular weight is 436 g/mol. The van der Waals surface area contributed by atoms with Crippen LogP contribution in [0.3, 0.4) is 0 Å². The van der Waals surface area contributed by atoms with Gasteiger partial charge in [-0.1, -0.05) is 13.8 Å². The molecule has 30 heavy (non-hydrogen) atoms. The highest BCUT2D eigenvalue weighted by atomic mass is 32.2. The van der Waals surface area contributed by atoms with Gasteiger partial charge >= 0.3 is 0 Å². The molecule has 10 heteroatoms. The second kappa shape index (κ2) is 10.7. The van der Waals surface area contributed by atoms with Crippen molar-refractivity contribution in [3.05, 3.63) is 58.6 Å². The van der Waals surface area contributed by atoms with Gasteiger partial charge in [-0.25, -0.2) is 8.42 Å². The van der Waals surface area contributed by atoms with Crippen molar-refractivity contribution in [1.82, 2.24) is 4.31 Å². The maximum atomic E-state index is 12.7. The topological polar surface area (TPSA) is 119 Å². The minimum absolute atomic E-state index is 0.0710. The van der Waals surface area contributed by atoms with Crippen molar-refractivity contribution in [1.29, 1.82) is 0 Å². The second-order valence-electron chi connectivity index (χ2n) is 6.52. The molecule has 0 aliphatic carbocycles. The number of rotatable bonds is 11. The third kappa shape index (κ3) is 6.26. The van der Waals surface area contributed by atoms with Crippen LogP contribution < -0.4 is 10.1 Å². The van der Waals surface area contributed by atoms with Crippen molar-refractivity contribution in [3.8, 4) is 5.75 Å². The zero-order valence-electron chi connectivity index (χ0n) is 16.9. The number of amides is 1. The largest absolute Gasteiger partial charge is 0.484 e. The van der Waals surface area contributed by atoms with Crippen molar-refractivity contribution in [3.63, 3.8) is 0 Å². The lowest BCUT2D eigenvalue weighted by Gasteiger charge is -2.21. The summed E-state index contributed by atoms with van der Waals surface area (Å²) in [6, 6.07) is 11.3. The molecule has 1 amide bonds. The van der Waals surface area contributed by atoms with E-state index in [0.29, 0.717) is 24.5 Å². The molecule has 0 aliphatic heterocycles. The van der Waals surface area contributed by atoms with Gasteiger partial charge in [-0.05, 0) is 49.2 Å². The van der Waals surface area contributed by atoms with Crippen LogP contribution in [0.5, 0.6) is 5.75 Å². The van der Waals surface area contributed by atoms with Gasteiger partial charge in [-0.15, -0.1) is 0 Å². The third-order valence-electron chi connectivity index (χ3n) is 4.14. The van der Waals surface area contributed by atoms with E-state index in [1.165, 1.54) is 52.8 Å². The van der Waals surface area contributed by atoms with Gasteiger partial charge in [0.1, 0.15) is 5.75 Å². The van der Waals surface area contributed by atoms with Crippen molar-refractivity contribution < 1.29 is 22.9 Å². The van der Waals surface area contributed by atoms with Crippen LogP contribution in [-0.4, -0.2) is 43.2 Å². The highest BCUT2D eigenvalue weighted by Gasteiger charge is 2.22. The fourth-order valence-electron chi connectivity index (χ4n) is 2.72. The third-order valence-corrected chi connectivity index (χ3v) is 6.05. The predicted molar refractivity (Wildman–Crippen MR) is 113 cm³/mol. The molecule has 2 aromatic rings. The van der Waals surface area contributed by atoms with Crippen LogP contribution in [0.15, 0.2) is 53.4 Å². The Morgan fingerprint density at radius 3 is 2.10 bits per heavy atom. The molecule has 0 spiro atoms. The van der Waals surface area contributed by atoms with Gasteiger partial charge < -0.3 is 10.1 Å². The number of nitro benzene ring substituents is 1. The van der Waals surface area contributed by atoms with Gasteiger partial charge in [0.15, 0.2) is 6.61 Å². The van der Waals surface area contributed by atoms with Crippen molar-refractivity contribution in [2.45, 2.75) is 31.6 Å². The quantitative estimate of drug-likeness (QED) is 0.427. The van der Waals surface area contributed by atoms with Gasteiger partial charge in [-0.2, -0.15) is 4.31 Å². The lowest BCUT2D eigenvalue weighted by Crippen LogP contribution is -2.32. The highest BCUT2D eigenvalue weighted by Crippen LogP contribution is 2.20. The zero-order chi connectivity index (χ0) is 22.1. The zero-order valence-corrected chi connectivity index (χ0v) is 17.7. The van der Waals surface area contributed by atoms with Gasteiger partial charge in [0.05, 0.1) is 9.82 Å². The second-order valence-corrected chi connectivity index (χ2v) is 8.45. The maximum absolute atomic E-state index is 12.7. The smallest absolute Gasteiger partial charge is 0.269 e. The molecule has 2 rings (SSSR count). The van der Waals surface area contributed by atoms with E-state index in [2.05, 4.69) is 5.32 Å². The molecule has 0 aromatic heterocycles. The van der Waals surface area contributed by atoms with Gasteiger partial charge in [0, 0.05) is 30.9 Å². The Bertz CT molecular complexity index is 953. The number of hydrogen-bond donors (Lipinski definition) is 1. The minimum atomic E-state index is -3.58. The van der Waals surface area contributed by atoms with Crippen molar-refractivity contribution in [2.24, 2.45) is 0 Å². The molecule has 0 aliphatic rings. The fraction of sp³-hybridized carbons (Fsp3) is 0.350. The average Bonchev–Trinajstić information content (AvgIpc) is 2.73. The summed E-state index contributed by atoms with van der Waals surface area (Å²) in [6.07, 6.45) is 1.45. The summed E-state index contributed by atoms with van der Waals surface area (Å²) >= 11 is 0. The first-order chi connectivity index (χ1) is 14.3. The standard InChI is InChI=1S/C20H25N3O6S/c1-3-13-22(14-4-2)30(27,28)19-11-5-16(6-12-19)21-20(24)15-29-18-9-7-17(8-10-18)23(25)26/h5-12H,3-4,13-15H2,1-2H3,(H,21,24). The normalized spacial score (nSPS) is 11.3. The van der Waals surface area contributed by atoms with Crippen LogP contribution in [-0.2, 0) is 14.8 Å². The van der Waals surface area contributed by atoms with E-state index >= 15 is 0 Å². The molecular formula is C20H25N3O6S. The molecule has 0 heterocycles. The highest BCUT2D eigenvalue weighted by molar-refractivity contribution is 7.89. The maximum Gasteiger partial charge on any atom is 0.269 e. The van der Waals surface area contributed by atoms with E-state index in [4.69, 9.17) is 4.74 Å². The number of nitro groups is 1. The molecule has 0 fully saturated rings. The molecule has 1 N–H and O–H groups in total. The SMILES string of the molecule is CCCN(CCC)S(=O)(=O)c1ccc(NC(=O)COc2ccc([N+](=O)[O-])cc2)cc1. The van der Waals surface area contributed by atoms with E-state index in [0.717, 1.165) is 12.8 Å². The van der Waals surface area contributed by atoms with E-state index in [1.54, 1.807) is 0 Å². The van der Waals surface area contributed by atoms with E-state index < -0.39 is 20.9 Å². The number of hydrogen-bond acceptors (Lipinski definition) is 6. The molecule has 0 unspecified atom stereocenters. The Balaban J connectivity index is 1.96. The summed E-state index contributed by atoms with van der Waals surface area (Å²) in [5.74, 6) is -0.119. The number of sulfonamides is 1.